The van der Waals surface area contributed by atoms with Gasteiger partial charge in [-0.25, -0.2) is 0 Å². The number of benzene rings is 1. The zero-order chi connectivity index (χ0) is 12.6. The number of ether oxygens (including phenoxy) is 1. The Kier molecular flexibility index (Phi) is 2.45. The van der Waals surface area contributed by atoms with Gasteiger partial charge in [-0.1, -0.05) is 12.1 Å². The Morgan fingerprint density at radius 1 is 1.35 bits per heavy atom. The van der Waals surface area contributed by atoms with Gasteiger partial charge in [-0.15, -0.1) is 13.2 Å². The first-order chi connectivity index (χ1) is 7.87. The molecule has 0 unspecified atom stereocenters. The van der Waals surface area contributed by atoms with Gasteiger partial charge in [0.1, 0.15) is 5.58 Å². The molecule has 4 nitrogen and oxygen atoms in total. The second-order valence-electron chi connectivity index (χ2n) is 3.12. The largest absolute Gasteiger partial charge is 0.575 e. The number of para-hydroxylation sites is 1. The van der Waals surface area contributed by atoms with Gasteiger partial charge in [-0.2, -0.15) is 0 Å². The van der Waals surface area contributed by atoms with Crippen molar-refractivity contribution in [3.63, 3.8) is 0 Å². The van der Waals surface area contributed by atoms with Crippen molar-refractivity contribution in [3.8, 4) is 5.95 Å². The normalized spacial score (nSPS) is 11.7. The molecule has 0 radical (unpaired) electrons. The summed E-state index contributed by atoms with van der Waals surface area (Å²) in [6.07, 6.45) is -4.89. The lowest BCUT2D eigenvalue weighted by molar-refractivity contribution is -0.280. The number of hydrogen-bond donors (Lipinski definition) is 0. The Balaban J connectivity index is 2.50. The maximum Gasteiger partial charge on any atom is 0.575 e. The van der Waals surface area contributed by atoms with Crippen LogP contribution in [0, 0.1) is 0 Å². The summed E-state index contributed by atoms with van der Waals surface area (Å²) in [5.74, 6) is -2.36. The van der Waals surface area contributed by atoms with Crippen LogP contribution >= 0.6 is 0 Å². The van der Waals surface area contributed by atoms with Crippen LogP contribution in [0.5, 0.6) is 5.95 Å². The Labute approximate surface area is 92.2 Å². The minimum Gasteiger partial charge on any atom is -0.545 e. The number of fused-ring (bicyclic) bond motifs is 1. The van der Waals surface area contributed by atoms with Gasteiger partial charge in [-0.05, 0) is 6.07 Å². The number of carboxylic acids is 1. The lowest BCUT2D eigenvalue weighted by Crippen LogP contribution is -2.22. The van der Waals surface area contributed by atoms with E-state index in [0.29, 0.717) is 0 Å². The molecule has 1 heterocycles. The third kappa shape index (κ3) is 2.32. The van der Waals surface area contributed by atoms with Crippen LogP contribution in [0.3, 0.4) is 0 Å². The van der Waals surface area contributed by atoms with E-state index in [1.165, 1.54) is 18.2 Å². The highest BCUT2D eigenvalue weighted by Crippen LogP contribution is 2.31. The van der Waals surface area contributed by atoms with E-state index < -0.39 is 18.3 Å². The number of alkyl halides is 3. The second kappa shape index (κ2) is 3.69. The minimum absolute atomic E-state index is 0.186. The van der Waals surface area contributed by atoms with Crippen LogP contribution in [-0.4, -0.2) is 12.3 Å². The zero-order valence-electron chi connectivity index (χ0n) is 8.08. The molecule has 0 atom stereocenters. The Morgan fingerprint density at radius 2 is 2.06 bits per heavy atom. The van der Waals surface area contributed by atoms with Gasteiger partial charge >= 0.3 is 6.36 Å². The first kappa shape index (κ1) is 11.3. The molecular weight excluding hydrogens is 241 g/mol. The molecule has 0 aliphatic rings. The van der Waals surface area contributed by atoms with Crippen molar-refractivity contribution in [2.75, 3.05) is 0 Å². The number of aromatic carboxylic acids is 1. The van der Waals surface area contributed by atoms with E-state index in [2.05, 4.69) is 9.15 Å². The van der Waals surface area contributed by atoms with Gasteiger partial charge in [0.2, 0.25) is 0 Å². The molecule has 2 rings (SSSR count). The summed E-state index contributed by atoms with van der Waals surface area (Å²) in [6.45, 7) is 0. The monoisotopic (exact) mass is 245 g/mol. The molecule has 1 aromatic heterocycles. The molecule has 0 spiro atoms. The molecule has 0 aliphatic heterocycles. The molecule has 0 bridgehead atoms. The Hall–Kier alpha value is -2.18. The summed E-state index contributed by atoms with van der Waals surface area (Å²) >= 11 is 0. The molecule has 0 fully saturated rings. The van der Waals surface area contributed by atoms with Gasteiger partial charge in [-0.3, -0.25) is 0 Å². The van der Waals surface area contributed by atoms with Crippen LogP contribution in [0.25, 0.3) is 11.0 Å². The van der Waals surface area contributed by atoms with Crippen molar-refractivity contribution in [3.05, 3.63) is 29.8 Å². The number of furan rings is 1. The van der Waals surface area contributed by atoms with Gasteiger partial charge in [0, 0.05) is 17.0 Å². The van der Waals surface area contributed by atoms with E-state index in [1.807, 2.05) is 0 Å². The fourth-order valence-electron chi connectivity index (χ4n) is 1.36. The van der Waals surface area contributed by atoms with Crippen LogP contribution in [-0.2, 0) is 0 Å². The SMILES string of the molecule is O=C([O-])c1cccc2cc(OC(F)(F)F)oc12. The molecule has 0 N–H and O–H groups in total. The van der Waals surface area contributed by atoms with Crippen LogP contribution in [0.1, 0.15) is 10.4 Å². The summed E-state index contributed by atoms with van der Waals surface area (Å²) in [6, 6.07) is 4.88. The first-order valence-electron chi connectivity index (χ1n) is 4.36. The third-order valence-electron chi connectivity index (χ3n) is 1.96. The topological polar surface area (TPSA) is 62.5 Å². The van der Waals surface area contributed by atoms with Crippen molar-refractivity contribution < 1.29 is 32.2 Å². The predicted octanol–water partition coefficient (Wildman–Crippen LogP) is 1.69. The molecule has 0 saturated heterocycles. The molecule has 90 valence electrons. The average Bonchev–Trinajstić information content (AvgIpc) is 2.55. The highest BCUT2D eigenvalue weighted by molar-refractivity contribution is 6.00. The van der Waals surface area contributed by atoms with Crippen LogP contribution in [0.4, 0.5) is 13.2 Å². The lowest BCUT2D eigenvalue weighted by atomic mass is 10.1. The Morgan fingerprint density at radius 3 is 2.65 bits per heavy atom. The van der Waals surface area contributed by atoms with Crippen LogP contribution in [0.2, 0.25) is 0 Å². The summed E-state index contributed by atoms with van der Waals surface area (Å²) in [5, 5.41) is 10.9. The highest BCUT2D eigenvalue weighted by atomic mass is 19.4. The number of rotatable bonds is 2. The van der Waals surface area contributed by atoms with Gasteiger partial charge in [0.05, 0.1) is 5.97 Å². The van der Waals surface area contributed by atoms with Crippen molar-refractivity contribution in [1.82, 2.24) is 0 Å². The fraction of sp³-hybridized carbons (Fsp3) is 0.100. The summed E-state index contributed by atoms with van der Waals surface area (Å²) in [4.78, 5) is 10.7. The average molecular weight is 245 g/mol. The summed E-state index contributed by atoms with van der Waals surface area (Å²) < 4.78 is 44.0. The molecule has 0 amide bonds. The lowest BCUT2D eigenvalue weighted by Gasteiger charge is -2.04. The fourth-order valence-corrected chi connectivity index (χ4v) is 1.36. The van der Waals surface area contributed by atoms with E-state index in [4.69, 9.17) is 0 Å². The maximum atomic E-state index is 11.9. The van der Waals surface area contributed by atoms with Gasteiger partial charge < -0.3 is 19.1 Å². The predicted molar refractivity (Wildman–Crippen MR) is 47.2 cm³/mol. The number of hydrogen-bond acceptors (Lipinski definition) is 4. The van der Waals surface area contributed by atoms with Crippen LogP contribution < -0.4 is 9.84 Å². The van der Waals surface area contributed by atoms with E-state index in [9.17, 15) is 23.1 Å². The quantitative estimate of drug-likeness (QED) is 0.807. The van der Waals surface area contributed by atoms with Crippen molar-refractivity contribution in [2.45, 2.75) is 6.36 Å². The zero-order valence-corrected chi connectivity index (χ0v) is 8.08. The molecule has 0 aliphatic carbocycles. The van der Waals surface area contributed by atoms with E-state index in [-0.39, 0.29) is 16.5 Å². The van der Waals surface area contributed by atoms with E-state index in [1.54, 1.807) is 0 Å². The summed E-state index contributed by atoms with van der Waals surface area (Å²) in [5.41, 5.74) is -0.550. The number of carboxylic acid groups (broad SMARTS) is 1. The number of carbonyl (C=O) groups is 1. The summed E-state index contributed by atoms with van der Waals surface area (Å²) in [7, 11) is 0. The standard InChI is InChI=1S/C10H5F3O4/c11-10(12,13)17-7-4-5-2-1-3-6(9(14)15)8(5)16-7/h1-4H,(H,14,15)/p-1. The molecule has 1 aromatic carbocycles. The van der Waals surface area contributed by atoms with Crippen molar-refractivity contribution in [1.29, 1.82) is 0 Å². The molecule has 0 saturated carbocycles. The second-order valence-corrected chi connectivity index (χ2v) is 3.12. The van der Waals surface area contributed by atoms with Gasteiger partial charge in [0.15, 0.2) is 0 Å². The highest BCUT2D eigenvalue weighted by Gasteiger charge is 2.32. The molecule has 17 heavy (non-hydrogen) atoms. The van der Waals surface area contributed by atoms with Gasteiger partial charge in [0.25, 0.3) is 5.95 Å². The van der Waals surface area contributed by atoms with E-state index >= 15 is 0 Å². The third-order valence-corrected chi connectivity index (χ3v) is 1.96. The Bertz CT molecular complexity index is 570. The maximum absolute atomic E-state index is 11.9. The minimum atomic E-state index is -4.89. The molecular formula is C10H4F3O4-. The molecule has 7 heteroatoms. The molecule has 2 aromatic rings. The smallest absolute Gasteiger partial charge is 0.545 e. The first-order valence-corrected chi connectivity index (χ1v) is 4.36. The number of halogens is 3. The van der Waals surface area contributed by atoms with Crippen molar-refractivity contribution in [2.24, 2.45) is 0 Å². The van der Waals surface area contributed by atoms with E-state index in [0.717, 1.165) is 6.07 Å². The number of carbonyl (C=O) groups excluding carboxylic acids is 1. The van der Waals surface area contributed by atoms with Crippen molar-refractivity contribution >= 4 is 16.9 Å². The van der Waals surface area contributed by atoms with Crippen LogP contribution in [0.15, 0.2) is 28.7 Å².